The zero-order chi connectivity index (χ0) is 61.6. The maximum Gasteiger partial charge on any atom is 0.187 e. The molecule has 0 saturated carbocycles. The summed E-state index contributed by atoms with van der Waals surface area (Å²) in [5, 5.41) is 0. The highest BCUT2D eigenvalue weighted by Gasteiger charge is 2.60. The van der Waals surface area contributed by atoms with Gasteiger partial charge in [-0.2, -0.15) is 0 Å². The first-order valence-electron chi connectivity index (χ1n) is 32.1. The maximum atomic E-state index is 7.74. The van der Waals surface area contributed by atoms with E-state index in [4.69, 9.17) is 80.5 Å². The largest absolute Gasteiger partial charge is 0.497 e. The van der Waals surface area contributed by atoms with Crippen molar-refractivity contribution in [2.24, 2.45) is 0 Å². The summed E-state index contributed by atoms with van der Waals surface area (Å²) < 4.78 is 119. The monoisotopic (exact) mass is 1240 g/mol. The molecule has 0 bridgehead atoms. The SMILES string of the molecule is CCCCCCO[C@@H]1O[C@@H]2COC(c3ccccc3)O[C@H]2[C@H](OCc2ccccc2)[C@@H]1OC1O[C@@H]2COC(c3ccccc3)O[C@H]2[C@H](OCc2ccccc2)[C@@H]1O[C@@H]1O[C@@H]2COC(c3ccccc3)O[C@H]2[C@H](OCc2ccccc2)[C@@H]1OCc1ccc(OC)cc1. The predicted octanol–water partition coefficient (Wildman–Crippen LogP) is 12.2. The van der Waals surface area contributed by atoms with Gasteiger partial charge in [-0.05, 0) is 40.8 Å². The average molecular weight is 1240 g/mol. The molecule has 7 aromatic carbocycles. The van der Waals surface area contributed by atoms with Crippen LogP contribution < -0.4 is 4.74 Å². The molecule has 6 saturated heterocycles. The van der Waals surface area contributed by atoms with Gasteiger partial charge in [-0.1, -0.05) is 220 Å². The fourth-order valence-electron chi connectivity index (χ4n) is 12.6. The normalized spacial score (nSPS) is 31.4. The van der Waals surface area contributed by atoms with E-state index in [2.05, 4.69) is 6.92 Å². The van der Waals surface area contributed by atoms with Gasteiger partial charge in [0.2, 0.25) is 0 Å². The topological polar surface area (TPSA) is 157 Å². The molecule has 4 unspecified atom stereocenters. The van der Waals surface area contributed by atoms with Gasteiger partial charge in [-0.3, -0.25) is 0 Å². The molecule has 0 aliphatic carbocycles. The third-order valence-corrected chi connectivity index (χ3v) is 17.4. The number of unbranched alkanes of at least 4 members (excludes halogenated alkanes) is 3. The molecule has 0 amide bonds. The second-order valence-corrected chi connectivity index (χ2v) is 23.7. The fourth-order valence-corrected chi connectivity index (χ4v) is 12.6. The van der Waals surface area contributed by atoms with Crippen molar-refractivity contribution in [3.63, 3.8) is 0 Å². The van der Waals surface area contributed by atoms with Gasteiger partial charge < -0.3 is 80.5 Å². The molecular weight excluding hydrogens is 1160 g/mol. The third kappa shape index (κ3) is 15.9. The lowest BCUT2D eigenvalue weighted by molar-refractivity contribution is -0.431. The molecule has 13 rings (SSSR count). The fraction of sp³-hybridized carbons (Fsp3) is 0.432. The van der Waals surface area contributed by atoms with Crippen molar-refractivity contribution < 1.29 is 80.5 Å². The molecule has 0 aromatic heterocycles. The van der Waals surface area contributed by atoms with E-state index in [0.29, 0.717) is 12.4 Å². The van der Waals surface area contributed by atoms with Gasteiger partial charge in [0.25, 0.3) is 0 Å². The Bertz CT molecular complexity index is 3230. The summed E-state index contributed by atoms with van der Waals surface area (Å²) >= 11 is 0. The van der Waals surface area contributed by atoms with Crippen LogP contribution in [0.4, 0.5) is 0 Å². The lowest BCUT2D eigenvalue weighted by Gasteiger charge is -2.54. The molecule has 0 radical (unpaired) electrons. The van der Waals surface area contributed by atoms with Crippen molar-refractivity contribution in [1.82, 2.24) is 0 Å². The molecule has 18 atom stereocenters. The Balaban J connectivity index is 0.913. The van der Waals surface area contributed by atoms with Crippen LogP contribution in [0.25, 0.3) is 0 Å². The van der Waals surface area contributed by atoms with E-state index in [1.165, 1.54) is 0 Å². The molecule has 17 nitrogen and oxygen atoms in total. The van der Waals surface area contributed by atoms with Crippen LogP contribution in [0.2, 0.25) is 0 Å². The van der Waals surface area contributed by atoms with Gasteiger partial charge in [0.05, 0.1) is 53.4 Å². The van der Waals surface area contributed by atoms with Crippen molar-refractivity contribution >= 4 is 0 Å². The summed E-state index contributed by atoms with van der Waals surface area (Å²) in [7, 11) is 1.64. The minimum absolute atomic E-state index is 0.113. The molecule has 17 heteroatoms. The van der Waals surface area contributed by atoms with Crippen molar-refractivity contribution in [2.75, 3.05) is 33.5 Å². The second-order valence-electron chi connectivity index (χ2n) is 23.7. The second kappa shape index (κ2) is 31.6. The van der Waals surface area contributed by atoms with E-state index in [-0.39, 0.29) is 46.2 Å². The zero-order valence-corrected chi connectivity index (χ0v) is 51.4. The van der Waals surface area contributed by atoms with Crippen LogP contribution in [-0.2, 0) is 102 Å². The van der Waals surface area contributed by atoms with Crippen LogP contribution >= 0.6 is 0 Å². The summed E-state index contributed by atoms with van der Waals surface area (Å²) in [6, 6.07) is 67.4. The Hall–Kier alpha value is -6.30. The van der Waals surface area contributed by atoms with Crippen molar-refractivity contribution in [1.29, 1.82) is 0 Å². The molecule has 6 aliphatic heterocycles. The number of methoxy groups -OCH3 is 1. The molecule has 0 spiro atoms. The number of hydrogen-bond acceptors (Lipinski definition) is 17. The molecule has 6 heterocycles. The molecule has 7 aromatic rings. The number of fused-ring (bicyclic) bond motifs is 3. The Kier molecular flexibility index (Phi) is 22.0. The van der Waals surface area contributed by atoms with Gasteiger partial charge >= 0.3 is 0 Å². The van der Waals surface area contributed by atoms with Crippen LogP contribution in [0, 0.1) is 0 Å². The predicted molar refractivity (Wildman–Crippen MR) is 332 cm³/mol. The summed E-state index contributed by atoms with van der Waals surface area (Å²) in [6.45, 7) is 3.74. The van der Waals surface area contributed by atoms with Crippen LogP contribution in [0.5, 0.6) is 5.75 Å². The minimum Gasteiger partial charge on any atom is -0.497 e. The number of rotatable bonds is 26. The van der Waals surface area contributed by atoms with Crippen LogP contribution in [0.1, 0.15) is 90.4 Å². The van der Waals surface area contributed by atoms with E-state index < -0.39 is 111 Å². The van der Waals surface area contributed by atoms with E-state index in [1.54, 1.807) is 7.11 Å². The first kappa shape index (κ1) is 63.5. The van der Waals surface area contributed by atoms with Crippen molar-refractivity contribution in [3.05, 3.63) is 245 Å². The lowest BCUT2D eigenvalue weighted by Crippen LogP contribution is -2.69. The smallest absolute Gasteiger partial charge is 0.187 e. The molecule has 91 heavy (non-hydrogen) atoms. The number of hydrogen-bond donors (Lipinski definition) is 0. The minimum atomic E-state index is -1.29. The van der Waals surface area contributed by atoms with Crippen LogP contribution in [0.3, 0.4) is 0 Å². The van der Waals surface area contributed by atoms with E-state index in [9.17, 15) is 0 Å². The first-order valence-corrected chi connectivity index (χ1v) is 32.1. The Labute approximate surface area is 532 Å². The molecule has 480 valence electrons. The van der Waals surface area contributed by atoms with E-state index in [0.717, 1.165) is 64.6 Å². The first-order chi connectivity index (χ1) is 45.0. The van der Waals surface area contributed by atoms with Gasteiger partial charge in [0, 0.05) is 23.3 Å². The van der Waals surface area contributed by atoms with Gasteiger partial charge in [-0.15, -0.1) is 0 Å². The summed E-state index contributed by atoms with van der Waals surface area (Å²) in [5.41, 5.74) is 6.23. The summed E-state index contributed by atoms with van der Waals surface area (Å²) in [4.78, 5) is 0. The van der Waals surface area contributed by atoms with Crippen molar-refractivity contribution in [2.45, 2.75) is 170 Å². The summed E-state index contributed by atoms with van der Waals surface area (Å²) in [5.74, 6) is 0.712. The number of ether oxygens (including phenoxy) is 17. The quantitative estimate of drug-likeness (QED) is 0.0471. The Morgan fingerprint density at radius 2 is 0.670 bits per heavy atom. The van der Waals surface area contributed by atoms with E-state index >= 15 is 0 Å². The zero-order valence-electron chi connectivity index (χ0n) is 51.4. The molecule has 0 N–H and O–H groups in total. The Morgan fingerprint density at radius 3 is 1.07 bits per heavy atom. The molecule has 6 fully saturated rings. The number of benzene rings is 7. The standard InChI is InChI=1S/C74H82O17/c1-3-4-5-24-41-76-72-67(64(78-43-50-27-14-7-15-28-50)61-57(84-72)46-81-70(88-61)54-33-20-10-21-34-54)90-74-68(65(79-44-51-29-16-8-17-30-51)62-59(86-74)48-83-71(89-62)55-35-22-11-23-36-55)91-73-66(80-45-52-37-39-56(75-2)40-38-52)63(77-42-49-25-12-6-13-26-49)60-58(85-73)47-82-69(87-60)53-31-18-9-19-32-53/h6-23,25-40,57-74H,3-5,24,41-48H2,1-2H3/t57-,58-,59-,60-,61-,62-,63+,64+,65+,66+,67+,68+,69?,70?,71?,72-,73+,74?/m1/s1. The Morgan fingerprint density at radius 1 is 0.330 bits per heavy atom. The van der Waals surface area contributed by atoms with Crippen LogP contribution in [-0.4, -0.2) is 126 Å². The summed E-state index contributed by atoms with van der Waals surface area (Å²) in [6.07, 6.45) is -11.9. The highest BCUT2D eigenvalue weighted by Crippen LogP contribution is 2.44. The highest BCUT2D eigenvalue weighted by atomic mass is 16.8. The lowest BCUT2D eigenvalue weighted by atomic mass is 9.94. The van der Waals surface area contributed by atoms with Gasteiger partial charge in [-0.25, -0.2) is 0 Å². The highest BCUT2D eigenvalue weighted by molar-refractivity contribution is 5.27. The molecular formula is C74H82O17. The van der Waals surface area contributed by atoms with E-state index in [1.807, 2.05) is 206 Å². The molecule has 6 aliphatic rings. The van der Waals surface area contributed by atoms with Crippen molar-refractivity contribution in [3.8, 4) is 5.75 Å². The van der Waals surface area contributed by atoms with Crippen LogP contribution in [0.15, 0.2) is 206 Å². The van der Waals surface area contributed by atoms with Gasteiger partial charge in [0.15, 0.2) is 37.7 Å². The van der Waals surface area contributed by atoms with Gasteiger partial charge in [0.1, 0.15) is 79.0 Å². The average Bonchev–Trinajstić information content (AvgIpc) is 1.59. The maximum absolute atomic E-state index is 7.74. The third-order valence-electron chi connectivity index (χ3n) is 17.4.